The monoisotopic (exact) mass is 825 g/mol. The van der Waals surface area contributed by atoms with Crippen LogP contribution in [0.3, 0.4) is 0 Å². The van der Waals surface area contributed by atoms with E-state index in [2.05, 4.69) is 224 Å². The van der Waals surface area contributed by atoms with Crippen molar-refractivity contribution in [3.63, 3.8) is 0 Å². The summed E-state index contributed by atoms with van der Waals surface area (Å²) in [6.07, 6.45) is 1.06. The van der Waals surface area contributed by atoms with Crippen LogP contribution >= 0.6 is 15.1 Å². The fraction of sp³-hybridized carbons (Fsp3) is 0.509. The van der Waals surface area contributed by atoms with Crippen molar-refractivity contribution in [1.82, 2.24) is 0 Å². The molecule has 59 heavy (non-hydrogen) atoms. The summed E-state index contributed by atoms with van der Waals surface area (Å²) >= 11 is 0. The molecule has 1 aliphatic rings. The molecule has 0 bridgehead atoms. The molecule has 6 rings (SSSR count). The summed E-state index contributed by atoms with van der Waals surface area (Å²) in [5, 5.41) is 8.93. The summed E-state index contributed by atoms with van der Waals surface area (Å²) in [6.45, 7) is 51.6. The Balaban J connectivity index is 1.88. The molecule has 1 heterocycles. The Morgan fingerprint density at radius 1 is 0.356 bits per heavy atom. The van der Waals surface area contributed by atoms with Gasteiger partial charge in [-0.1, -0.05) is 212 Å². The summed E-state index contributed by atoms with van der Waals surface area (Å²) in [5.74, 6) is 0. The Hall–Kier alpha value is -2.91. The van der Waals surface area contributed by atoms with Crippen LogP contribution in [0.4, 0.5) is 0 Å². The first-order valence-corrected chi connectivity index (χ1v) is 25.2. The van der Waals surface area contributed by atoms with Crippen molar-refractivity contribution in [1.29, 1.82) is 0 Å². The van der Waals surface area contributed by atoms with Crippen LogP contribution in [0.25, 0.3) is 21.5 Å². The van der Waals surface area contributed by atoms with E-state index in [4.69, 9.17) is 0 Å². The number of hydrogen-bond acceptors (Lipinski definition) is 0. The number of hydrogen-bond donors (Lipinski definition) is 0. The second kappa shape index (κ2) is 14.9. The van der Waals surface area contributed by atoms with Crippen LogP contribution in [-0.4, -0.2) is 15.2 Å². The van der Waals surface area contributed by atoms with E-state index >= 15 is 0 Å². The number of rotatable bonds is 4. The Morgan fingerprint density at radius 2 is 0.695 bits per heavy atom. The van der Waals surface area contributed by atoms with Crippen molar-refractivity contribution in [2.75, 3.05) is 0 Å². The molecule has 0 nitrogen and oxygen atoms in total. The van der Waals surface area contributed by atoms with Gasteiger partial charge in [-0.2, -0.15) is 0 Å². The van der Waals surface area contributed by atoms with Crippen LogP contribution in [0.5, 0.6) is 0 Å². The van der Waals surface area contributed by atoms with Crippen LogP contribution in [0.1, 0.15) is 195 Å². The summed E-state index contributed by atoms with van der Waals surface area (Å²) in [5.41, 5.74) is 13.7. The summed E-state index contributed by atoms with van der Waals surface area (Å²) in [4.78, 5) is 0. The van der Waals surface area contributed by atoms with Crippen molar-refractivity contribution >= 4 is 46.7 Å². The Kier molecular flexibility index (Phi) is 11.5. The lowest BCUT2D eigenvalue weighted by atomic mass is 9.72. The molecule has 0 aliphatic carbocycles. The van der Waals surface area contributed by atoms with Crippen molar-refractivity contribution in [2.45, 2.75) is 189 Å². The van der Waals surface area contributed by atoms with Gasteiger partial charge in [0.15, 0.2) is 0 Å². The van der Waals surface area contributed by atoms with Crippen LogP contribution in [0.2, 0.25) is 0 Å². The van der Waals surface area contributed by atoms with Gasteiger partial charge in [0.25, 0.3) is 0 Å². The van der Waals surface area contributed by atoms with E-state index in [0.717, 1.165) is 6.16 Å². The minimum Gasteiger partial charge on any atom is -0.103 e. The quantitative estimate of drug-likeness (QED) is 0.125. The third-order valence-electron chi connectivity index (χ3n) is 12.4. The first kappa shape index (κ1) is 45.6. The van der Waals surface area contributed by atoms with E-state index < -0.39 is 15.1 Å². The molecule has 0 aromatic heterocycles. The SMILES string of the molecule is CC(C)(C)c1cc(C(C)(C)C)c(C2=P(Cc3ccc4cc5ccccc5cc4c3)=C(c3c(C(C)(C)C)cc(C(C)(C)C)cc3C(C)(C)C)P2C(C)(C)C)c(C(C)(C)C)c1. The van der Waals surface area contributed by atoms with Gasteiger partial charge in [0, 0.05) is 16.2 Å². The fourth-order valence-corrected chi connectivity index (χ4v) is 18.1. The molecular formula is C57H78P2. The van der Waals surface area contributed by atoms with E-state index in [1.807, 2.05) is 0 Å². The topological polar surface area (TPSA) is 0 Å². The summed E-state index contributed by atoms with van der Waals surface area (Å²) in [7, 11) is -1.39. The predicted octanol–water partition coefficient (Wildman–Crippen LogP) is 17.4. The molecule has 2 heteroatoms. The summed E-state index contributed by atoms with van der Waals surface area (Å²) < 4.78 is 0. The van der Waals surface area contributed by atoms with Crippen LogP contribution in [0, 0.1) is 0 Å². The van der Waals surface area contributed by atoms with E-state index in [-0.39, 0.29) is 37.6 Å². The highest BCUT2D eigenvalue weighted by Gasteiger charge is 2.46. The number of fused-ring (bicyclic) bond motifs is 2. The first-order chi connectivity index (χ1) is 26.7. The molecular weight excluding hydrogens is 747 g/mol. The second-order valence-corrected chi connectivity index (χ2v) is 30.7. The third kappa shape index (κ3) is 9.04. The van der Waals surface area contributed by atoms with Gasteiger partial charge in [0.2, 0.25) is 0 Å². The minimum atomic E-state index is -0.714. The van der Waals surface area contributed by atoms with Gasteiger partial charge >= 0.3 is 0 Å². The highest BCUT2D eigenvalue weighted by Crippen LogP contribution is 2.70. The molecule has 1 aliphatic heterocycles. The summed E-state index contributed by atoms with van der Waals surface area (Å²) in [6, 6.07) is 31.5. The molecule has 0 radical (unpaired) electrons. The fourth-order valence-electron chi connectivity index (χ4n) is 8.94. The molecule has 0 fully saturated rings. The lowest BCUT2D eigenvalue weighted by Crippen LogP contribution is -2.35. The average molecular weight is 825 g/mol. The standard InChI is InChI=1S/C57H78P2/c1-51(2,3)41-31-43(53(7,8)9)47(44(32-41)54(10,11)12)49-58(35-36-26-27-39-29-37-24-22-23-25-38(37)30-40(39)28-36)50(59(49)57(19,20)21)48-45(55(13,14)15)33-42(52(4,5)6)34-46(48)56(16,17)18/h22-34H,35H2,1-21H3. The van der Waals surface area contributed by atoms with Crippen LogP contribution < -0.4 is 0 Å². The van der Waals surface area contributed by atoms with Gasteiger partial charge in [0.05, 0.1) is 0 Å². The van der Waals surface area contributed by atoms with Gasteiger partial charge in [0.1, 0.15) is 0 Å². The molecule has 316 valence electrons. The Morgan fingerprint density at radius 3 is 1.02 bits per heavy atom. The largest absolute Gasteiger partial charge is 0.103 e. The highest BCUT2D eigenvalue weighted by atomic mass is 31.2. The lowest BCUT2D eigenvalue weighted by molar-refractivity contribution is 0.546. The van der Waals surface area contributed by atoms with E-state index in [1.54, 1.807) is 21.2 Å². The maximum Gasteiger partial charge on any atom is 0.0124 e. The molecule has 5 aromatic carbocycles. The zero-order chi connectivity index (χ0) is 44.2. The van der Waals surface area contributed by atoms with Crippen molar-refractivity contribution in [3.05, 3.63) is 129 Å². The molecule has 0 saturated heterocycles. The van der Waals surface area contributed by atoms with E-state index in [9.17, 15) is 0 Å². The van der Waals surface area contributed by atoms with E-state index in [0.29, 0.717) is 0 Å². The second-order valence-electron chi connectivity index (χ2n) is 25.0. The molecule has 0 unspecified atom stereocenters. The molecule has 0 N–H and O–H groups in total. The van der Waals surface area contributed by atoms with Gasteiger partial charge in [-0.05, 0) is 129 Å². The molecule has 0 spiro atoms. The van der Waals surface area contributed by atoms with Crippen molar-refractivity contribution in [2.24, 2.45) is 0 Å². The van der Waals surface area contributed by atoms with Gasteiger partial charge in [-0.15, -0.1) is 7.17 Å². The zero-order valence-corrected chi connectivity index (χ0v) is 42.9. The predicted molar refractivity (Wildman–Crippen MR) is 272 cm³/mol. The molecule has 0 amide bonds. The molecule has 5 aromatic rings. The normalized spacial score (nSPS) is 17.0. The average Bonchev–Trinajstić information content (AvgIpc) is 3.05. The highest BCUT2D eigenvalue weighted by molar-refractivity contribution is 8.15. The van der Waals surface area contributed by atoms with Gasteiger partial charge in [-0.3, -0.25) is 0 Å². The Labute approximate surface area is 363 Å². The maximum atomic E-state index is 2.62. The maximum absolute atomic E-state index is 2.62. The zero-order valence-electron chi connectivity index (χ0n) is 41.1. The van der Waals surface area contributed by atoms with Crippen LogP contribution in [-0.2, 0) is 38.7 Å². The third-order valence-corrected chi connectivity index (χ3v) is 19.8. The van der Waals surface area contributed by atoms with Crippen LogP contribution in [0.15, 0.2) is 78.9 Å². The minimum absolute atomic E-state index is 0.0231. The first-order valence-electron chi connectivity index (χ1n) is 22.3. The Bertz CT molecular complexity index is 2350. The van der Waals surface area contributed by atoms with Gasteiger partial charge in [-0.25, -0.2) is 0 Å². The number of benzene rings is 5. The van der Waals surface area contributed by atoms with Crippen molar-refractivity contribution < 1.29 is 0 Å². The molecule has 0 saturated carbocycles. The van der Waals surface area contributed by atoms with Crippen molar-refractivity contribution in [3.8, 4) is 0 Å². The molecule has 0 atom stereocenters. The van der Waals surface area contributed by atoms with E-state index in [1.165, 1.54) is 60.5 Å². The smallest absolute Gasteiger partial charge is 0.0124 e. The van der Waals surface area contributed by atoms with Gasteiger partial charge < -0.3 is 0 Å². The lowest BCUT2D eigenvalue weighted by Gasteiger charge is -2.48.